The van der Waals surface area contributed by atoms with Crippen LogP contribution in [-0.4, -0.2) is 29.9 Å². The van der Waals surface area contributed by atoms with Crippen molar-refractivity contribution in [1.82, 2.24) is 10.2 Å². The van der Waals surface area contributed by atoms with Gasteiger partial charge in [0.1, 0.15) is 0 Å². The second-order valence-corrected chi connectivity index (χ2v) is 6.33. The average molecular weight is 337 g/mol. The number of hydrogen-bond acceptors (Lipinski definition) is 2. The number of anilines is 1. The number of rotatable bonds is 5. The Morgan fingerprint density at radius 3 is 2.44 bits per heavy atom. The van der Waals surface area contributed by atoms with Gasteiger partial charge >= 0.3 is 6.03 Å². The molecule has 1 saturated carbocycles. The number of amides is 3. The molecule has 3 amide bonds. The topological polar surface area (TPSA) is 61.4 Å². The summed E-state index contributed by atoms with van der Waals surface area (Å²) in [7, 11) is 1.60. The molecule has 3 rings (SSSR count). The highest BCUT2D eigenvalue weighted by atomic mass is 16.2. The molecular weight excluding hydrogens is 314 g/mol. The van der Waals surface area contributed by atoms with Gasteiger partial charge in [-0.3, -0.25) is 4.79 Å². The first-order chi connectivity index (χ1) is 12.1. The van der Waals surface area contributed by atoms with Crippen molar-refractivity contribution in [2.75, 3.05) is 12.4 Å². The summed E-state index contributed by atoms with van der Waals surface area (Å²) in [5.74, 6) is -0.156. The van der Waals surface area contributed by atoms with Gasteiger partial charge < -0.3 is 15.5 Å². The third kappa shape index (κ3) is 3.99. The summed E-state index contributed by atoms with van der Waals surface area (Å²) in [6.45, 7) is 2.43. The van der Waals surface area contributed by atoms with E-state index in [-0.39, 0.29) is 11.9 Å². The second-order valence-electron chi connectivity index (χ2n) is 6.33. The van der Waals surface area contributed by atoms with Crippen molar-refractivity contribution in [3.8, 4) is 0 Å². The summed E-state index contributed by atoms with van der Waals surface area (Å²) in [6.07, 6.45) is 2.08. The Bertz CT molecular complexity index is 770. The van der Waals surface area contributed by atoms with E-state index in [0.29, 0.717) is 23.8 Å². The molecule has 5 nitrogen and oxygen atoms in total. The van der Waals surface area contributed by atoms with Gasteiger partial charge in [0.2, 0.25) is 0 Å². The Morgan fingerprint density at radius 2 is 1.80 bits per heavy atom. The highest BCUT2D eigenvalue weighted by molar-refractivity contribution is 5.99. The summed E-state index contributed by atoms with van der Waals surface area (Å²) >= 11 is 0. The lowest BCUT2D eigenvalue weighted by molar-refractivity contribution is 0.0962. The molecule has 0 radical (unpaired) electrons. The van der Waals surface area contributed by atoms with Crippen LogP contribution in [0.2, 0.25) is 0 Å². The molecule has 25 heavy (non-hydrogen) atoms. The summed E-state index contributed by atoms with van der Waals surface area (Å²) in [4.78, 5) is 26.6. The molecule has 0 aliphatic heterocycles. The minimum Gasteiger partial charge on any atom is -0.355 e. The van der Waals surface area contributed by atoms with Gasteiger partial charge in [0.05, 0.1) is 0 Å². The number of urea groups is 1. The van der Waals surface area contributed by atoms with Gasteiger partial charge in [0, 0.05) is 30.9 Å². The lowest BCUT2D eigenvalue weighted by atomic mass is 10.1. The highest BCUT2D eigenvalue weighted by Gasteiger charge is 2.32. The first kappa shape index (κ1) is 17.0. The average Bonchev–Trinajstić information content (AvgIpc) is 3.46. The monoisotopic (exact) mass is 337 g/mol. The van der Waals surface area contributed by atoms with Crippen molar-refractivity contribution < 1.29 is 9.59 Å². The van der Waals surface area contributed by atoms with Crippen LogP contribution in [0, 0.1) is 6.92 Å². The van der Waals surface area contributed by atoms with E-state index < -0.39 is 0 Å². The number of benzene rings is 2. The van der Waals surface area contributed by atoms with E-state index in [1.54, 1.807) is 19.2 Å². The third-order valence-electron chi connectivity index (χ3n) is 4.49. The zero-order valence-corrected chi connectivity index (χ0v) is 14.6. The van der Waals surface area contributed by atoms with Gasteiger partial charge in [-0.1, -0.05) is 36.4 Å². The Morgan fingerprint density at radius 1 is 1.08 bits per heavy atom. The lowest BCUT2D eigenvalue weighted by Crippen LogP contribution is -2.36. The molecule has 0 unspecified atom stereocenters. The minimum absolute atomic E-state index is 0.122. The van der Waals surface area contributed by atoms with Gasteiger partial charge in [-0.25, -0.2) is 4.79 Å². The van der Waals surface area contributed by atoms with Crippen LogP contribution >= 0.6 is 0 Å². The third-order valence-corrected chi connectivity index (χ3v) is 4.49. The van der Waals surface area contributed by atoms with Crippen molar-refractivity contribution >= 4 is 17.6 Å². The number of carbonyl (C=O) groups is 2. The van der Waals surface area contributed by atoms with E-state index in [0.717, 1.165) is 24.0 Å². The van der Waals surface area contributed by atoms with Crippen LogP contribution in [0.1, 0.15) is 34.3 Å². The van der Waals surface area contributed by atoms with E-state index in [2.05, 4.69) is 10.6 Å². The molecule has 0 saturated heterocycles. The first-order valence-corrected chi connectivity index (χ1v) is 8.53. The van der Waals surface area contributed by atoms with Crippen molar-refractivity contribution in [3.05, 3.63) is 65.2 Å². The smallest absolute Gasteiger partial charge is 0.322 e. The van der Waals surface area contributed by atoms with Crippen LogP contribution in [0.3, 0.4) is 0 Å². The molecule has 1 fully saturated rings. The second kappa shape index (κ2) is 7.38. The number of carbonyl (C=O) groups excluding carboxylic acids is 2. The zero-order chi connectivity index (χ0) is 17.8. The molecule has 2 N–H and O–H groups in total. The molecule has 5 heteroatoms. The molecule has 2 aromatic rings. The van der Waals surface area contributed by atoms with E-state index in [9.17, 15) is 9.59 Å². The highest BCUT2D eigenvalue weighted by Crippen LogP contribution is 2.29. The van der Waals surface area contributed by atoms with Gasteiger partial charge in [-0.05, 0) is 43.0 Å². The Labute approximate surface area is 148 Å². The van der Waals surface area contributed by atoms with Crippen LogP contribution in [0.5, 0.6) is 0 Å². The van der Waals surface area contributed by atoms with Crippen LogP contribution in [0.4, 0.5) is 10.5 Å². The summed E-state index contributed by atoms with van der Waals surface area (Å²) in [5, 5.41) is 5.60. The normalized spacial score (nSPS) is 13.2. The van der Waals surface area contributed by atoms with E-state index in [1.807, 2.05) is 48.2 Å². The van der Waals surface area contributed by atoms with Gasteiger partial charge in [0.25, 0.3) is 5.91 Å². The fourth-order valence-electron chi connectivity index (χ4n) is 2.87. The summed E-state index contributed by atoms with van der Waals surface area (Å²) < 4.78 is 0. The van der Waals surface area contributed by atoms with E-state index >= 15 is 0 Å². The summed E-state index contributed by atoms with van der Waals surface area (Å²) in [6, 6.07) is 15.5. The lowest BCUT2D eigenvalue weighted by Gasteiger charge is -2.24. The Kier molecular flexibility index (Phi) is 5.03. The standard InChI is InChI=1S/C20H23N3O2/c1-14-17(19(24)21-2)9-6-10-18(14)22-20(25)23(16-11-12-16)13-15-7-4-3-5-8-15/h3-10,16H,11-13H2,1-2H3,(H,21,24)(H,22,25). The van der Waals surface area contributed by atoms with E-state index in [4.69, 9.17) is 0 Å². The fraction of sp³-hybridized carbons (Fsp3) is 0.300. The molecule has 2 aromatic carbocycles. The van der Waals surface area contributed by atoms with Crippen LogP contribution in [-0.2, 0) is 6.54 Å². The van der Waals surface area contributed by atoms with Crippen LogP contribution in [0.15, 0.2) is 48.5 Å². The molecule has 0 atom stereocenters. The summed E-state index contributed by atoms with van der Waals surface area (Å²) in [5.41, 5.74) is 3.12. The maximum Gasteiger partial charge on any atom is 0.322 e. The van der Waals surface area contributed by atoms with E-state index in [1.165, 1.54) is 0 Å². The van der Waals surface area contributed by atoms with Gasteiger partial charge in [-0.15, -0.1) is 0 Å². The fourth-order valence-corrected chi connectivity index (χ4v) is 2.87. The number of nitrogens with zero attached hydrogens (tertiary/aromatic N) is 1. The van der Waals surface area contributed by atoms with Gasteiger partial charge in [0.15, 0.2) is 0 Å². The molecule has 0 aromatic heterocycles. The van der Waals surface area contributed by atoms with Crippen molar-refractivity contribution in [1.29, 1.82) is 0 Å². The maximum absolute atomic E-state index is 12.8. The first-order valence-electron chi connectivity index (χ1n) is 8.53. The quantitative estimate of drug-likeness (QED) is 0.876. The number of nitrogens with one attached hydrogen (secondary N) is 2. The predicted molar refractivity (Wildman–Crippen MR) is 98.6 cm³/mol. The van der Waals surface area contributed by atoms with Crippen LogP contribution < -0.4 is 10.6 Å². The van der Waals surface area contributed by atoms with Crippen molar-refractivity contribution in [3.63, 3.8) is 0 Å². The Hall–Kier alpha value is -2.82. The molecular formula is C20H23N3O2. The number of hydrogen-bond donors (Lipinski definition) is 2. The Balaban J connectivity index is 1.77. The zero-order valence-electron chi connectivity index (χ0n) is 14.6. The van der Waals surface area contributed by atoms with Crippen LogP contribution in [0.25, 0.3) is 0 Å². The SMILES string of the molecule is CNC(=O)c1cccc(NC(=O)N(Cc2ccccc2)C2CC2)c1C. The maximum atomic E-state index is 12.8. The van der Waals surface area contributed by atoms with Gasteiger partial charge in [-0.2, -0.15) is 0 Å². The molecule has 0 bridgehead atoms. The molecule has 1 aliphatic rings. The predicted octanol–water partition coefficient (Wildman–Crippen LogP) is 3.55. The molecule has 0 spiro atoms. The molecule has 130 valence electrons. The largest absolute Gasteiger partial charge is 0.355 e. The van der Waals surface area contributed by atoms with Crippen molar-refractivity contribution in [2.24, 2.45) is 0 Å². The minimum atomic E-state index is -0.156. The molecule has 1 aliphatic carbocycles. The van der Waals surface area contributed by atoms with Crippen molar-refractivity contribution in [2.45, 2.75) is 32.4 Å². The molecule has 0 heterocycles.